The lowest BCUT2D eigenvalue weighted by Gasteiger charge is -2.27. The molecule has 0 radical (unpaired) electrons. The summed E-state index contributed by atoms with van der Waals surface area (Å²) in [4.78, 5) is 34.5. The molecule has 0 saturated carbocycles. The molecule has 10 nitrogen and oxygen atoms in total. The number of rotatable bonds is 6. The summed E-state index contributed by atoms with van der Waals surface area (Å²) in [6, 6.07) is 0.467. The summed E-state index contributed by atoms with van der Waals surface area (Å²) in [5, 5.41) is 2.72. The Morgan fingerprint density at radius 3 is 2.51 bits per heavy atom. The van der Waals surface area contributed by atoms with Gasteiger partial charge in [-0.2, -0.15) is 13.2 Å². The van der Waals surface area contributed by atoms with E-state index < -0.39 is 45.6 Å². The third-order valence-electron chi connectivity index (χ3n) is 5.65. The summed E-state index contributed by atoms with van der Waals surface area (Å²) in [6.07, 6.45) is -2.23. The van der Waals surface area contributed by atoms with E-state index in [-0.39, 0.29) is 23.8 Å². The summed E-state index contributed by atoms with van der Waals surface area (Å²) in [6.45, 7) is 3.65. The number of hydrogen-bond donors (Lipinski definition) is 3. The summed E-state index contributed by atoms with van der Waals surface area (Å²) < 4.78 is 65.8. The van der Waals surface area contributed by atoms with E-state index in [0.717, 1.165) is 36.3 Å². The number of likely N-dealkylation sites (tertiary alicyclic amines) is 1. The molecule has 0 aromatic carbocycles. The number of carbonyl (C=O) groups is 2. The van der Waals surface area contributed by atoms with Crippen molar-refractivity contribution < 1.29 is 31.2 Å². The van der Waals surface area contributed by atoms with Crippen LogP contribution in [0.3, 0.4) is 0 Å². The topological polar surface area (TPSA) is 147 Å². The van der Waals surface area contributed by atoms with E-state index in [1.54, 1.807) is 13.0 Å². The van der Waals surface area contributed by atoms with Gasteiger partial charge in [-0.25, -0.2) is 22.9 Å². The van der Waals surface area contributed by atoms with E-state index in [1.165, 1.54) is 12.3 Å². The van der Waals surface area contributed by atoms with Gasteiger partial charge in [-0.1, -0.05) is 11.3 Å². The predicted molar refractivity (Wildman–Crippen MR) is 124 cm³/mol. The number of nitrogens with zero attached hydrogens (tertiary/aromatic N) is 3. The minimum absolute atomic E-state index is 0.0206. The third-order valence-corrected chi connectivity index (χ3v) is 7.54. The third kappa shape index (κ3) is 5.90. The normalized spacial score (nSPS) is 19.1. The molecule has 1 fully saturated rings. The van der Waals surface area contributed by atoms with Gasteiger partial charge in [0.05, 0.1) is 22.5 Å². The van der Waals surface area contributed by atoms with E-state index in [1.807, 2.05) is 0 Å². The number of aromatic nitrogens is 2. The monoisotopic (exact) mass is 534 g/mol. The Morgan fingerprint density at radius 1 is 1.29 bits per heavy atom. The van der Waals surface area contributed by atoms with Crippen LogP contribution < -0.4 is 15.8 Å². The highest BCUT2D eigenvalue weighted by atomic mass is 32.2. The number of pyridine rings is 1. The van der Waals surface area contributed by atoms with Gasteiger partial charge >= 0.3 is 12.2 Å². The van der Waals surface area contributed by atoms with Crippen molar-refractivity contribution in [1.29, 1.82) is 0 Å². The molecular formula is C20H25F3N6O4S2. The van der Waals surface area contributed by atoms with Crippen LogP contribution in [0.5, 0.6) is 0 Å². The molecule has 1 aliphatic rings. The molecule has 15 heteroatoms. The number of aryl methyl sites for hydroxylation is 1. The number of primary amides is 1. The fourth-order valence-electron chi connectivity index (χ4n) is 3.66. The summed E-state index contributed by atoms with van der Waals surface area (Å²) >= 11 is 1.04. The summed E-state index contributed by atoms with van der Waals surface area (Å²) in [7, 11) is -3.57. The maximum absolute atomic E-state index is 13.5. The number of thiazole rings is 1. The standard InChI is InChI=1S/C20H25F3N6O4S2/c1-10-15(11-5-6-25-14(7-11)19(2,3)20(21,22)23)34-17(26-10)27-18(31)29-9-12(28-35(4,32)33)8-13(29)16(24)30/h5-7,12-13,28H,8-9H2,1-4H3,(H2,24,30)(H,26,27,31)/t12-,13+/m1/s1. The Hall–Kier alpha value is -2.78. The number of nitrogens with two attached hydrogens (primary N) is 1. The van der Waals surface area contributed by atoms with Crippen LogP contribution in [0.25, 0.3) is 10.4 Å². The second-order valence-corrected chi connectivity index (χ2v) is 11.6. The van der Waals surface area contributed by atoms with Crippen molar-refractivity contribution in [3.8, 4) is 10.4 Å². The van der Waals surface area contributed by atoms with Crippen LogP contribution in [-0.4, -0.2) is 66.3 Å². The molecule has 1 saturated heterocycles. The largest absolute Gasteiger partial charge is 0.399 e. The van der Waals surface area contributed by atoms with Crippen LogP contribution in [0.15, 0.2) is 18.3 Å². The molecular weight excluding hydrogens is 509 g/mol. The number of alkyl halides is 3. The molecule has 3 amide bonds. The first-order valence-electron chi connectivity index (χ1n) is 10.3. The number of nitrogens with one attached hydrogen (secondary N) is 2. The van der Waals surface area contributed by atoms with Gasteiger partial charge in [0.25, 0.3) is 0 Å². The number of hydrogen-bond acceptors (Lipinski definition) is 7. The Morgan fingerprint density at radius 2 is 1.94 bits per heavy atom. The van der Waals surface area contributed by atoms with Crippen molar-refractivity contribution in [2.75, 3.05) is 18.1 Å². The fraction of sp³-hybridized carbons (Fsp3) is 0.500. The molecule has 2 aromatic rings. The van der Waals surface area contributed by atoms with Gasteiger partial charge in [0.2, 0.25) is 15.9 Å². The average molecular weight is 535 g/mol. The van der Waals surface area contributed by atoms with Crippen LogP contribution in [0.4, 0.5) is 23.1 Å². The Balaban J connectivity index is 1.82. The average Bonchev–Trinajstić information content (AvgIpc) is 3.29. The number of anilines is 1. The number of sulfonamides is 1. The lowest BCUT2D eigenvalue weighted by atomic mass is 9.87. The van der Waals surface area contributed by atoms with Gasteiger partial charge in [0, 0.05) is 18.8 Å². The summed E-state index contributed by atoms with van der Waals surface area (Å²) in [5.74, 6) is -0.787. The molecule has 192 valence electrons. The minimum Gasteiger partial charge on any atom is -0.368 e. The smallest absolute Gasteiger partial charge is 0.368 e. The van der Waals surface area contributed by atoms with Crippen LogP contribution >= 0.6 is 11.3 Å². The lowest BCUT2D eigenvalue weighted by molar-refractivity contribution is -0.181. The SMILES string of the molecule is Cc1nc(NC(=O)N2C[C@H](NS(C)(=O)=O)C[C@H]2C(N)=O)sc1-c1ccnc(C(C)(C)C(F)(F)F)c1. The minimum atomic E-state index is -4.50. The van der Waals surface area contributed by atoms with Crippen molar-refractivity contribution in [2.45, 2.75) is 50.9 Å². The first-order chi connectivity index (χ1) is 16.0. The fourth-order valence-corrected chi connectivity index (χ4v) is 5.39. The highest BCUT2D eigenvalue weighted by Gasteiger charge is 2.49. The number of urea groups is 1. The van der Waals surface area contributed by atoms with Crippen LogP contribution in [0.1, 0.15) is 31.7 Å². The molecule has 35 heavy (non-hydrogen) atoms. The molecule has 3 rings (SSSR count). The zero-order chi connectivity index (χ0) is 26.3. The number of amides is 3. The van der Waals surface area contributed by atoms with Crippen LogP contribution in [0.2, 0.25) is 0 Å². The van der Waals surface area contributed by atoms with Crippen molar-refractivity contribution >= 4 is 38.4 Å². The Labute approximate surface area is 204 Å². The molecule has 0 bridgehead atoms. The van der Waals surface area contributed by atoms with E-state index in [0.29, 0.717) is 16.1 Å². The van der Waals surface area contributed by atoms with Crippen LogP contribution in [0, 0.1) is 6.92 Å². The van der Waals surface area contributed by atoms with Crippen molar-refractivity contribution in [2.24, 2.45) is 5.73 Å². The molecule has 2 atom stereocenters. The van der Waals surface area contributed by atoms with Crippen molar-refractivity contribution in [1.82, 2.24) is 19.6 Å². The maximum atomic E-state index is 13.5. The van der Waals surface area contributed by atoms with Gasteiger partial charge < -0.3 is 10.6 Å². The van der Waals surface area contributed by atoms with E-state index in [4.69, 9.17) is 5.73 Å². The molecule has 1 aliphatic heterocycles. The second-order valence-electron chi connectivity index (χ2n) is 8.81. The molecule has 3 heterocycles. The van der Waals surface area contributed by atoms with Gasteiger partial charge in [0.1, 0.15) is 11.5 Å². The second kappa shape index (κ2) is 9.35. The zero-order valence-corrected chi connectivity index (χ0v) is 20.9. The molecule has 0 unspecified atom stereocenters. The van der Waals surface area contributed by atoms with Gasteiger partial charge in [0.15, 0.2) is 5.13 Å². The van der Waals surface area contributed by atoms with Crippen molar-refractivity contribution in [3.63, 3.8) is 0 Å². The number of carbonyl (C=O) groups excluding carboxylic acids is 2. The van der Waals surface area contributed by atoms with E-state index in [9.17, 15) is 31.2 Å². The molecule has 4 N–H and O–H groups in total. The predicted octanol–water partition coefficient (Wildman–Crippen LogP) is 2.36. The van der Waals surface area contributed by atoms with E-state index >= 15 is 0 Å². The Kier molecular flexibility index (Phi) is 7.16. The quantitative estimate of drug-likeness (QED) is 0.518. The highest BCUT2D eigenvalue weighted by molar-refractivity contribution is 7.88. The lowest BCUT2D eigenvalue weighted by Crippen LogP contribution is -2.45. The number of halogens is 3. The highest BCUT2D eigenvalue weighted by Crippen LogP contribution is 2.41. The van der Waals surface area contributed by atoms with Gasteiger partial charge in [-0.05, 0) is 44.9 Å². The van der Waals surface area contributed by atoms with E-state index in [2.05, 4.69) is 20.0 Å². The first-order valence-corrected chi connectivity index (χ1v) is 13.1. The van der Waals surface area contributed by atoms with Crippen molar-refractivity contribution in [3.05, 3.63) is 29.7 Å². The maximum Gasteiger partial charge on any atom is 0.399 e. The molecule has 0 spiro atoms. The zero-order valence-electron chi connectivity index (χ0n) is 19.3. The molecule has 0 aliphatic carbocycles. The Bertz CT molecular complexity index is 1250. The van der Waals surface area contributed by atoms with Crippen LogP contribution in [-0.2, 0) is 20.2 Å². The van der Waals surface area contributed by atoms with Gasteiger partial charge in [-0.15, -0.1) is 0 Å². The first kappa shape index (κ1) is 26.8. The molecule has 2 aromatic heterocycles. The van der Waals surface area contributed by atoms with Gasteiger partial charge in [-0.3, -0.25) is 15.1 Å². The summed E-state index contributed by atoms with van der Waals surface area (Å²) in [5.41, 5.74) is 3.98.